The number of hydrogen-bond acceptors (Lipinski definition) is 4. The molecule has 3 atom stereocenters. The van der Waals surface area contributed by atoms with E-state index in [9.17, 15) is 0 Å². The van der Waals surface area contributed by atoms with Gasteiger partial charge in [0.15, 0.2) is 0 Å². The Labute approximate surface area is 128 Å². The van der Waals surface area contributed by atoms with Gasteiger partial charge in [0.1, 0.15) is 0 Å². The molecule has 21 heavy (non-hydrogen) atoms. The highest BCUT2D eigenvalue weighted by molar-refractivity contribution is 4.93. The molecule has 0 aromatic carbocycles. The van der Waals surface area contributed by atoms with E-state index in [0.29, 0.717) is 18.1 Å². The fourth-order valence-electron chi connectivity index (χ4n) is 4.32. The van der Waals surface area contributed by atoms with Crippen LogP contribution in [-0.4, -0.2) is 51.2 Å². The third-order valence-electron chi connectivity index (χ3n) is 5.67. The first-order valence-corrected chi connectivity index (χ1v) is 8.82. The molecule has 3 saturated heterocycles. The molecule has 1 spiro atoms. The summed E-state index contributed by atoms with van der Waals surface area (Å²) >= 11 is 0. The van der Waals surface area contributed by atoms with Crippen molar-refractivity contribution >= 4 is 0 Å². The van der Waals surface area contributed by atoms with Crippen LogP contribution in [0.3, 0.4) is 0 Å². The summed E-state index contributed by atoms with van der Waals surface area (Å²) in [6.07, 6.45) is 9.94. The van der Waals surface area contributed by atoms with Gasteiger partial charge in [-0.1, -0.05) is 0 Å². The minimum Gasteiger partial charge on any atom is -0.381 e. The molecule has 0 amide bonds. The Bertz CT molecular complexity index is 306. The Kier molecular flexibility index (Phi) is 5.54. The van der Waals surface area contributed by atoms with Crippen LogP contribution in [0.2, 0.25) is 0 Å². The van der Waals surface area contributed by atoms with E-state index in [1.54, 1.807) is 0 Å². The molecule has 1 N–H and O–H groups in total. The molecule has 4 nitrogen and oxygen atoms in total. The van der Waals surface area contributed by atoms with E-state index in [1.165, 1.54) is 32.1 Å². The van der Waals surface area contributed by atoms with Crippen LogP contribution in [0.5, 0.6) is 0 Å². The van der Waals surface area contributed by atoms with Gasteiger partial charge in [0, 0.05) is 32.5 Å². The van der Waals surface area contributed by atoms with Crippen LogP contribution in [0, 0.1) is 5.92 Å². The van der Waals surface area contributed by atoms with Crippen molar-refractivity contribution in [2.45, 2.75) is 69.1 Å². The molecule has 3 fully saturated rings. The fraction of sp³-hybridized carbons (Fsp3) is 1.00. The summed E-state index contributed by atoms with van der Waals surface area (Å²) in [5.41, 5.74) is 0.101. The Morgan fingerprint density at radius 3 is 2.67 bits per heavy atom. The average Bonchev–Trinajstić information content (AvgIpc) is 2.54. The molecule has 3 aliphatic rings. The third-order valence-corrected chi connectivity index (χ3v) is 5.67. The maximum atomic E-state index is 6.18. The highest BCUT2D eigenvalue weighted by atomic mass is 16.5. The van der Waals surface area contributed by atoms with E-state index >= 15 is 0 Å². The SMILES string of the molecule is CNC(CC1CCCCO1)C1CCOC2(CCOCC2)C1. The molecule has 3 unspecified atom stereocenters. The molecular formula is C17H31NO3. The highest BCUT2D eigenvalue weighted by Gasteiger charge is 2.41. The molecule has 0 aromatic rings. The van der Waals surface area contributed by atoms with Gasteiger partial charge in [0.2, 0.25) is 0 Å². The van der Waals surface area contributed by atoms with Crippen LogP contribution in [0.25, 0.3) is 0 Å². The lowest BCUT2D eigenvalue weighted by Gasteiger charge is -2.45. The van der Waals surface area contributed by atoms with Crippen molar-refractivity contribution in [1.29, 1.82) is 0 Å². The molecule has 3 heterocycles. The Balaban J connectivity index is 1.57. The van der Waals surface area contributed by atoms with Gasteiger partial charge in [-0.05, 0) is 64.3 Å². The average molecular weight is 297 g/mol. The summed E-state index contributed by atoms with van der Waals surface area (Å²) in [4.78, 5) is 0. The number of hydrogen-bond donors (Lipinski definition) is 1. The van der Waals surface area contributed by atoms with E-state index in [-0.39, 0.29) is 5.60 Å². The lowest BCUT2D eigenvalue weighted by Crippen LogP contribution is -2.49. The molecule has 122 valence electrons. The summed E-state index contributed by atoms with van der Waals surface area (Å²) in [7, 11) is 2.11. The van der Waals surface area contributed by atoms with Crippen molar-refractivity contribution < 1.29 is 14.2 Å². The first-order chi connectivity index (χ1) is 10.3. The third kappa shape index (κ3) is 3.98. The number of ether oxygens (including phenoxy) is 3. The predicted octanol–water partition coefficient (Wildman–Crippen LogP) is 2.51. The molecule has 4 heteroatoms. The number of rotatable bonds is 4. The molecule has 3 rings (SSSR count). The second kappa shape index (κ2) is 7.40. The summed E-state index contributed by atoms with van der Waals surface area (Å²) in [6, 6.07) is 0.566. The second-order valence-electron chi connectivity index (χ2n) is 7.02. The minimum absolute atomic E-state index is 0.101. The van der Waals surface area contributed by atoms with E-state index in [4.69, 9.17) is 14.2 Å². The summed E-state index contributed by atoms with van der Waals surface area (Å²) in [6.45, 7) is 3.59. The van der Waals surface area contributed by atoms with Gasteiger partial charge in [-0.25, -0.2) is 0 Å². The van der Waals surface area contributed by atoms with Crippen molar-refractivity contribution in [3.8, 4) is 0 Å². The van der Waals surface area contributed by atoms with Gasteiger partial charge < -0.3 is 19.5 Å². The second-order valence-corrected chi connectivity index (χ2v) is 7.02. The van der Waals surface area contributed by atoms with Crippen LogP contribution in [0.1, 0.15) is 51.4 Å². The largest absolute Gasteiger partial charge is 0.381 e. The lowest BCUT2D eigenvalue weighted by molar-refractivity contribution is -0.151. The first kappa shape index (κ1) is 15.7. The summed E-state index contributed by atoms with van der Waals surface area (Å²) < 4.78 is 17.7. The predicted molar refractivity (Wildman–Crippen MR) is 82.5 cm³/mol. The van der Waals surface area contributed by atoms with Crippen LogP contribution < -0.4 is 5.32 Å². The zero-order valence-corrected chi connectivity index (χ0v) is 13.4. The molecule has 0 saturated carbocycles. The van der Waals surface area contributed by atoms with Gasteiger partial charge in [0.25, 0.3) is 0 Å². The molecule has 0 bridgehead atoms. The highest BCUT2D eigenvalue weighted by Crippen LogP contribution is 2.39. The molecule has 0 radical (unpaired) electrons. The Morgan fingerprint density at radius 2 is 1.95 bits per heavy atom. The van der Waals surface area contributed by atoms with E-state index < -0.39 is 0 Å². The van der Waals surface area contributed by atoms with Gasteiger partial charge >= 0.3 is 0 Å². The Morgan fingerprint density at radius 1 is 1.10 bits per heavy atom. The van der Waals surface area contributed by atoms with Crippen LogP contribution in [0.15, 0.2) is 0 Å². The molecule has 0 aromatic heterocycles. The standard InChI is InChI=1S/C17H31NO3/c1-18-16(12-15-4-2-3-8-20-15)14-5-9-21-17(13-14)6-10-19-11-7-17/h14-16,18H,2-13H2,1H3. The zero-order chi connectivity index (χ0) is 14.5. The van der Waals surface area contributed by atoms with Gasteiger partial charge in [-0.2, -0.15) is 0 Å². The lowest BCUT2D eigenvalue weighted by atomic mass is 9.76. The van der Waals surface area contributed by atoms with Crippen LogP contribution >= 0.6 is 0 Å². The van der Waals surface area contributed by atoms with Crippen molar-refractivity contribution in [2.24, 2.45) is 5.92 Å². The monoisotopic (exact) mass is 297 g/mol. The van der Waals surface area contributed by atoms with E-state index in [0.717, 1.165) is 45.7 Å². The number of nitrogens with one attached hydrogen (secondary N) is 1. The molecule has 3 aliphatic heterocycles. The van der Waals surface area contributed by atoms with E-state index in [2.05, 4.69) is 12.4 Å². The first-order valence-electron chi connectivity index (χ1n) is 8.82. The van der Waals surface area contributed by atoms with Crippen molar-refractivity contribution in [3.05, 3.63) is 0 Å². The van der Waals surface area contributed by atoms with Gasteiger partial charge in [0.05, 0.1) is 11.7 Å². The quantitative estimate of drug-likeness (QED) is 0.865. The van der Waals surface area contributed by atoms with Crippen molar-refractivity contribution in [3.63, 3.8) is 0 Å². The fourth-order valence-corrected chi connectivity index (χ4v) is 4.32. The van der Waals surface area contributed by atoms with Gasteiger partial charge in [-0.15, -0.1) is 0 Å². The maximum Gasteiger partial charge on any atom is 0.0729 e. The summed E-state index contributed by atoms with van der Waals surface area (Å²) in [5.74, 6) is 0.715. The maximum absolute atomic E-state index is 6.18. The topological polar surface area (TPSA) is 39.7 Å². The smallest absolute Gasteiger partial charge is 0.0729 e. The zero-order valence-electron chi connectivity index (χ0n) is 13.4. The molecule has 0 aliphatic carbocycles. The molecular weight excluding hydrogens is 266 g/mol. The van der Waals surface area contributed by atoms with Crippen molar-refractivity contribution in [2.75, 3.05) is 33.5 Å². The van der Waals surface area contributed by atoms with Crippen LogP contribution in [0.4, 0.5) is 0 Å². The Hall–Kier alpha value is -0.160. The normalized spacial score (nSPS) is 34.7. The van der Waals surface area contributed by atoms with Crippen LogP contribution in [-0.2, 0) is 14.2 Å². The minimum atomic E-state index is 0.101. The van der Waals surface area contributed by atoms with Gasteiger partial charge in [-0.3, -0.25) is 0 Å². The van der Waals surface area contributed by atoms with Crippen molar-refractivity contribution in [1.82, 2.24) is 5.32 Å². The van der Waals surface area contributed by atoms with E-state index in [1.807, 2.05) is 0 Å². The summed E-state index contributed by atoms with van der Waals surface area (Å²) in [5, 5.41) is 3.57.